The average Bonchev–Trinajstić information content (AvgIpc) is 2.31. The Morgan fingerprint density at radius 3 is 2.89 bits per heavy atom. The Morgan fingerprint density at radius 1 is 1.61 bits per heavy atom. The summed E-state index contributed by atoms with van der Waals surface area (Å²) in [5.41, 5.74) is 5.99. The highest BCUT2D eigenvalue weighted by Gasteiger charge is 2.24. The zero-order valence-electron chi connectivity index (χ0n) is 9.84. The monoisotopic (exact) mass is 274 g/mol. The molecule has 4 N–H and O–H groups in total. The minimum atomic E-state index is -1.35. The van der Waals surface area contributed by atoms with E-state index in [4.69, 9.17) is 17.3 Å². The van der Waals surface area contributed by atoms with Gasteiger partial charge in [0.2, 0.25) is 0 Å². The van der Waals surface area contributed by atoms with E-state index in [-0.39, 0.29) is 23.7 Å². The number of aliphatic hydroxyl groups excluding tert-OH is 2. The van der Waals surface area contributed by atoms with Crippen LogP contribution in [0.25, 0.3) is 0 Å². The van der Waals surface area contributed by atoms with Gasteiger partial charge >= 0.3 is 5.97 Å². The van der Waals surface area contributed by atoms with Gasteiger partial charge in [0, 0.05) is 5.56 Å². The molecule has 0 spiro atoms. The maximum atomic E-state index is 11.2. The van der Waals surface area contributed by atoms with Crippen molar-refractivity contribution in [1.29, 1.82) is 0 Å². The molecule has 0 aliphatic heterocycles. The summed E-state index contributed by atoms with van der Waals surface area (Å²) in [4.78, 5) is 14.9. The van der Waals surface area contributed by atoms with Crippen molar-refractivity contribution in [3.8, 4) is 0 Å². The third-order valence-corrected chi connectivity index (χ3v) is 2.57. The standard InChI is InChI=1S/C11H15ClN2O4/c1-2-18-9(16)4-8(15)10(17)7-3-6(13)5-14-11(7)12/h3,5,8,10,15,17H,2,4,13H2,1H3. The molecule has 2 atom stereocenters. The van der Waals surface area contributed by atoms with E-state index in [1.54, 1.807) is 6.92 Å². The van der Waals surface area contributed by atoms with Crippen LogP contribution in [0.4, 0.5) is 5.69 Å². The van der Waals surface area contributed by atoms with Crippen LogP contribution in [0, 0.1) is 0 Å². The van der Waals surface area contributed by atoms with Crippen molar-refractivity contribution in [3.05, 3.63) is 23.0 Å². The smallest absolute Gasteiger partial charge is 0.308 e. The number of hydrogen-bond acceptors (Lipinski definition) is 6. The van der Waals surface area contributed by atoms with Crippen LogP contribution < -0.4 is 5.73 Å². The lowest BCUT2D eigenvalue weighted by atomic mass is 10.0. The molecule has 0 aromatic carbocycles. The van der Waals surface area contributed by atoms with Crippen LogP contribution in [0.3, 0.4) is 0 Å². The number of nitrogen functional groups attached to an aromatic ring is 1. The first kappa shape index (κ1) is 14.7. The number of ether oxygens (including phenoxy) is 1. The van der Waals surface area contributed by atoms with Crippen molar-refractivity contribution in [2.75, 3.05) is 12.3 Å². The van der Waals surface area contributed by atoms with E-state index in [1.807, 2.05) is 0 Å². The van der Waals surface area contributed by atoms with Crippen LogP contribution in [0.15, 0.2) is 12.3 Å². The fourth-order valence-corrected chi connectivity index (χ4v) is 1.61. The zero-order chi connectivity index (χ0) is 13.7. The number of carbonyl (C=O) groups is 1. The highest BCUT2D eigenvalue weighted by Crippen LogP contribution is 2.26. The van der Waals surface area contributed by atoms with E-state index in [0.29, 0.717) is 5.69 Å². The first-order valence-corrected chi connectivity index (χ1v) is 5.76. The van der Waals surface area contributed by atoms with E-state index in [2.05, 4.69) is 9.72 Å². The van der Waals surface area contributed by atoms with Crippen molar-refractivity contribution in [3.63, 3.8) is 0 Å². The van der Waals surface area contributed by atoms with Crippen molar-refractivity contribution >= 4 is 23.3 Å². The number of aliphatic hydroxyl groups is 2. The lowest BCUT2D eigenvalue weighted by Crippen LogP contribution is -2.23. The Labute approximate surface area is 109 Å². The van der Waals surface area contributed by atoms with E-state index in [0.717, 1.165) is 0 Å². The molecule has 18 heavy (non-hydrogen) atoms. The number of nitrogens with zero attached hydrogens (tertiary/aromatic N) is 1. The molecule has 0 aliphatic rings. The topological polar surface area (TPSA) is 106 Å². The molecule has 0 aliphatic carbocycles. The van der Waals surface area contributed by atoms with Crippen LogP contribution >= 0.6 is 11.6 Å². The Balaban J connectivity index is 2.76. The van der Waals surface area contributed by atoms with Gasteiger partial charge in [0.25, 0.3) is 0 Å². The summed E-state index contributed by atoms with van der Waals surface area (Å²) in [6.07, 6.45) is -1.68. The van der Waals surface area contributed by atoms with Crippen LogP contribution in [-0.4, -0.2) is 33.9 Å². The first-order chi connectivity index (χ1) is 8.45. The molecule has 6 nitrogen and oxygen atoms in total. The Kier molecular flexibility index (Phi) is 5.33. The largest absolute Gasteiger partial charge is 0.466 e. The van der Waals surface area contributed by atoms with Gasteiger partial charge in [-0.25, -0.2) is 4.98 Å². The third-order valence-electron chi connectivity index (χ3n) is 2.25. The number of carbonyl (C=O) groups excluding carboxylic acids is 1. The Hall–Kier alpha value is -1.37. The molecule has 0 radical (unpaired) electrons. The molecule has 0 fully saturated rings. The van der Waals surface area contributed by atoms with E-state index in [9.17, 15) is 15.0 Å². The second kappa shape index (κ2) is 6.53. The molecule has 1 heterocycles. The number of nitrogens with two attached hydrogens (primary N) is 1. The molecular formula is C11H15ClN2O4. The van der Waals surface area contributed by atoms with Crippen LogP contribution in [-0.2, 0) is 9.53 Å². The molecule has 0 saturated carbocycles. The van der Waals surface area contributed by atoms with Crippen molar-refractivity contribution in [2.24, 2.45) is 0 Å². The van der Waals surface area contributed by atoms with E-state index >= 15 is 0 Å². The molecule has 0 saturated heterocycles. The molecular weight excluding hydrogens is 260 g/mol. The molecule has 7 heteroatoms. The predicted molar refractivity (Wildman–Crippen MR) is 65.9 cm³/mol. The van der Waals surface area contributed by atoms with E-state index < -0.39 is 18.2 Å². The van der Waals surface area contributed by atoms with Crippen molar-refractivity contribution in [2.45, 2.75) is 25.6 Å². The SMILES string of the molecule is CCOC(=O)CC(O)C(O)c1cc(N)cnc1Cl. The molecule has 0 bridgehead atoms. The van der Waals surface area contributed by atoms with E-state index in [1.165, 1.54) is 12.3 Å². The van der Waals surface area contributed by atoms with Gasteiger partial charge in [-0.1, -0.05) is 11.6 Å². The van der Waals surface area contributed by atoms with Gasteiger partial charge in [-0.05, 0) is 13.0 Å². The highest BCUT2D eigenvalue weighted by molar-refractivity contribution is 6.30. The van der Waals surface area contributed by atoms with Crippen molar-refractivity contribution in [1.82, 2.24) is 4.98 Å². The number of pyridine rings is 1. The summed E-state index contributed by atoms with van der Waals surface area (Å²) in [5, 5.41) is 19.6. The maximum Gasteiger partial charge on any atom is 0.308 e. The van der Waals surface area contributed by atoms with Crippen LogP contribution in [0.5, 0.6) is 0 Å². The lowest BCUT2D eigenvalue weighted by molar-refractivity contribution is -0.147. The summed E-state index contributed by atoms with van der Waals surface area (Å²) >= 11 is 5.78. The van der Waals surface area contributed by atoms with Gasteiger partial charge in [-0.3, -0.25) is 4.79 Å². The summed E-state index contributed by atoms with van der Waals surface area (Å²) in [6, 6.07) is 1.40. The predicted octanol–water partition coefficient (Wildman–Crippen LogP) is 0.665. The number of hydrogen-bond donors (Lipinski definition) is 3. The molecule has 1 rings (SSSR count). The van der Waals surface area contributed by atoms with Gasteiger partial charge < -0.3 is 20.7 Å². The normalized spacial score (nSPS) is 14.0. The van der Waals surface area contributed by atoms with Gasteiger partial charge in [0.15, 0.2) is 0 Å². The molecule has 0 amide bonds. The average molecular weight is 275 g/mol. The fraction of sp³-hybridized carbons (Fsp3) is 0.455. The molecule has 1 aromatic heterocycles. The van der Waals surface area contributed by atoms with Crippen molar-refractivity contribution < 1.29 is 19.7 Å². The second-order valence-electron chi connectivity index (χ2n) is 3.67. The Morgan fingerprint density at radius 2 is 2.28 bits per heavy atom. The third kappa shape index (κ3) is 3.83. The molecule has 2 unspecified atom stereocenters. The first-order valence-electron chi connectivity index (χ1n) is 5.38. The summed E-state index contributed by atoms with van der Waals surface area (Å²) in [5.74, 6) is -0.600. The quantitative estimate of drug-likeness (QED) is 0.538. The summed E-state index contributed by atoms with van der Waals surface area (Å²) in [7, 11) is 0. The summed E-state index contributed by atoms with van der Waals surface area (Å²) in [6.45, 7) is 1.86. The zero-order valence-corrected chi connectivity index (χ0v) is 10.6. The fourth-order valence-electron chi connectivity index (χ4n) is 1.40. The van der Waals surface area contributed by atoms with Gasteiger partial charge in [-0.15, -0.1) is 0 Å². The lowest BCUT2D eigenvalue weighted by Gasteiger charge is -2.18. The second-order valence-corrected chi connectivity index (χ2v) is 4.03. The molecule has 100 valence electrons. The Bertz CT molecular complexity index is 428. The van der Waals surface area contributed by atoms with Gasteiger partial charge in [-0.2, -0.15) is 0 Å². The maximum absolute atomic E-state index is 11.2. The minimum absolute atomic E-state index is 0.0274. The highest BCUT2D eigenvalue weighted by atomic mass is 35.5. The number of halogens is 1. The van der Waals surface area contributed by atoms with Crippen LogP contribution in [0.1, 0.15) is 25.0 Å². The number of aromatic nitrogens is 1. The molecule has 1 aromatic rings. The number of anilines is 1. The number of rotatable bonds is 5. The van der Waals surface area contributed by atoms with Crippen LogP contribution in [0.2, 0.25) is 5.15 Å². The number of esters is 1. The summed E-state index contributed by atoms with van der Waals surface area (Å²) < 4.78 is 4.67. The van der Waals surface area contributed by atoms with Gasteiger partial charge in [0.05, 0.1) is 31.0 Å². The van der Waals surface area contributed by atoms with Gasteiger partial charge in [0.1, 0.15) is 11.3 Å². The minimum Gasteiger partial charge on any atom is -0.466 e.